The summed E-state index contributed by atoms with van der Waals surface area (Å²) in [5, 5.41) is 10.5. The summed E-state index contributed by atoms with van der Waals surface area (Å²) in [6.07, 6.45) is 7.09. The normalized spacial score (nSPS) is 30.6. The van der Waals surface area contributed by atoms with Gasteiger partial charge in [-0.1, -0.05) is 39.5 Å². The Morgan fingerprint density at radius 1 is 1.00 bits per heavy atom. The van der Waals surface area contributed by atoms with Crippen LogP contribution in [0.4, 0.5) is 0 Å². The van der Waals surface area contributed by atoms with Crippen LogP contribution in [0, 0.1) is 5.41 Å². The van der Waals surface area contributed by atoms with Crippen molar-refractivity contribution < 1.29 is 5.11 Å². The molecule has 1 aliphatic carbocycles. The van der Waals surface area contributed by atoms with Crippen LogP contribution in [-0.2, 0) is 0 Å². The predicted molar refractivity (Wildman–Crippen MR) is 62.9 cm³/mol. The van der Waals surface area contributed by atoms with Gasteiger partial charge in [-0.3, -0.25) is 4.90 Å². The quantitative estimate of drug-likeness (QED) is 0.709. The molecule has 0 amide bonds. The smallest absolute Gasteiger partial charge is 0.0774 e. The van der Waals surface area contributed by atoms with Gasteiger partial charge < -0.3 is 5.11 Å². The number of nitrogens with zero attached hydrogens (tertiary/aromatic N) is 1. The van der Waals surface area contributed by atoms with Gasteiger partial charge in [0.2, 0.25) is 0 Å². The Hall–Kier alpha value is -0.0800. The first-order valence-electron chi connectivity index (χ1n) is 6.44. The number of aliphatic hydroxyl groups is 1. The molecule has 2 fully saturated rings. The van der Waals surface area contributed by atoms with Gasteiger partial charge in [0.1, 0.15) is 0 Å². The largest absolute Gasteiger partial charge is 0.389 e. The molecule has 1 saturated heterocycles. The minimum Gasteiger partial charge on any atom is -0.389 e. The lowest BCUT2D eigenvalue weighted by Crippen LogP contribution is -2.57. The van der Waals surface area contributed by atoms with Crippen LogP contribution in [0.1, 0.15) is 52.4 Å². The van der Waals surface area contributed by atoms with E-state index in [0.29, 0.717) is 5.41 Å². The Morgan fingerprint density at radius 2 is 1.53 bits per heavy atom. The molecule has 0 spiro atoms. The van der Waals surface area contributed by atoms with Gasteiger partial charge in [-0.15, -0.1) is 0 Å². The van der Waals surface area contributed by atoms with Gasteiger partial charge in [-0.25, -0.2) is 0 Å². The number of hydrogen-bond donors (Lipinski definition) is 1. The van der Waals surface area contributed by atoms with E-state index in [0.717, 1.165) is 32.5 Å². The van der Waals surface area contributed by atoms with Crippen LogP contribution in [0.2, 0.25) is 0 Å². The molecule has 0 radical (unpaired) electrons. The molecule has 1 aliphatic heterocycles. The van der Waals surface area contributed by atoms with Gasteiger partial charge in [0, 0.05) is 19.6 Å². The molecule has 2 rings (SSSR count). The lowest BCUT2D eigenvalue weighted by molar-refractivity contribution is -0.0622. The lowest BCUT2D eigenvalue weighted by Gasteiger charge is -2.49. The second kappa shape index (κ2) is 4.06. The molecule has 2 heteroatoms. The van der Waals surface area contributed by atoms with Crippen molar-refractivity contribution in [2.75, 3.05) is 19.6 Å². The minimum absolute atomic E-state index is 0.368. The van der Waals surface area contributed by atoms with Gasteiger partial charge in [-0.05, 0) is 18.3 Å². The molecule has 1 saturated carbocycles. The Bertz CT molecular complexity index is 209. The summed E-state index contributed by atoms with van der Waals surface area (Å²) in [5.41, 5.74) is 0.119. The maximum atomic E-state index is 10.5. The Labute approximate surface area is 93.7 Å². The van der Waals surface area contributed by atoms with E-state index < -0.39 is 0 Å². The van der Waals surface area contributed by atoms with E-state index in [2.05, 4.69) is 18.7 Å². The fraction of sp³-hybridized carbons (Fsp3) is 1.00. The Kier molecular flexibility index (Phi) is 3.09. The van der Waals surface area contributed by atoms with Gasteiger partial charge >= 0.3 is 0 Å². The van der Waals surface area contributed by atoms with E-state index in [-0.39, 0.29) is 5.60 Å². The Morgan fingerprint density at radius 3 is 2.00 bits per heavy atom. The first-order chi connectivity index (χ1) is 6.99. The standard InChI is InChI=1S/C13H25NO/c1-12(2)9-14(10-12)11-13(15)7-5-3-4-6-8-13/h15H,3-11H2,1-2H3. The third-order valence-corrected chi connectivity index (χ3v) is 3.86. The number of β-amino-alcohol motifs (C(OH)–C–C–N with tert-alkyl or cyclic N) is 1. The molecule has 88 valence electrons. The fourth-order valence-corrected chi connectivity index (χ4v) is 3.24. The topological polar surface area (TPSA) is 23.5 Å². The lowest BCUT2D eigenvalue weighted by atomic mass is 9.82. The van der Waals surface area contributed by atoms with Gasteiger partial charge in [0.25, 0.3) is 0 Å². The zero-order chi connectivity index (χ0) is 10.9. The van der Waals surface area contributed by atoms with Crippen molar-refractivity contribution in [1.82, 2.24) is 4.90 Å². The van der Waals surface area contributed by atoms with E-state index >= 15 is 0 Å². The summed E-state index contributed by atoms with van der Waals surface area (Å²) in [4.78, 5) is 2.42. The SMILES string of the molecule is CC1(C)CN(CC2(O)CCCCCC2)C1. The van der Waals surface area contributed by atoms with Crippen LogP contribution in [0.25, 0.3) is 0 Å². The predicted octanol–water partition coefficient (Wildman–Crippen LogP) is 2.41. The first kappa shape index (κ1) is 11.4. The van der Waals surface area contributed by atoms with Crippen LogP contribution in [0.15, 0.2) is 0 Å². The average Bonchev–Trinajstić information content (AvgIpc) is 2.27. The van der Waals surface area contributed by atoms with Crippen molar-refractivity contribution in [2.24, 2.45) is 5.41 Å². The number of rotatable bonds is 2. The number of likely N-dealkylation sites (tertiary alicyclic amines) is 1. The molecule has 0 aromatic carbocycles. The zero-order valence-electron chi connectivity index (χ0n) is 10.3. The highest BCUT2D eigenvalue weighted by molar-refractivity contribution is 4.93. The van der Waals surface area contributed by atoms with Crippen LogP contribution in [0.5, 0.6) is 0 Å². The van der Waals surface area contributed by atoms with Crippen molar-refractivity contribution in [1.29, 1.82) is 0 Å². The minimum atomic E-state index is -0.368. The molecule has 0 unspecified atom stereocenters. The van der Waals surface area contributed by atoms with E-state index in [1.54, 1.807) is 0 Å². The highest BCUT2D eigenvalue weighted by Gasteiger charge is 2.39. The van der Waals surface area contributed by atoms with Crippen LogP contribution in [0.3, 0.4) is 0 Å². The fourth-order valence-electron chi connectivity index (χ4n) is 3.24. The molecular weight excluding hydrogens is 186 g/mol. The van der Waals surface area contributed by atoms with Crippen molar-refractivity contribution >= 4 is 0 Å². The molecule has 1 heterocycles. The van der Waals surface area contributed by atoms with Crippen LogP contribution in [-0.4, -0.2) is 35.2 Å². The highest BCUT2D eigenvalue weighted by Crippen LogP contribution is 2.34. The first-order valence-corrected chi connectivity index (χ1v) is 6.44. The molecule has 2 nitrogen and oxygen atoms in total. The zero-order valence-corrected chi connectivity index (χ0v) is 10.3. The molecule has 0 atom stereocenters. The van der Waals surface area contributed by atoms with E-state index in [1.165, 1.54) is 25.7 Å². The molecule has 0 aromatic heterocycles. The van der Waals surface area contributed by atoms with Crippen molar-refractivity contribution in [3.63, 3.8) is 0 Å². The van der Waals surface area contributed by atoms with Crippen molar-refractivity contribution in [3.05, 3.63) is 0 Å². The molecule has 15 heavy (non-hydrogen) atoms. The van der Waals surface area contributed by atoms with Crippen LogP contribution < -0.4 is 0 Å². The van der Waals surface area contributed by atoms with Gasteiger partial charge in [0.05, 0.1) is 5.60 Å². The summed E-state index contributed by atoms with van der Waals surface area (Å²) < 4.78 is 0. The summed E-state index contributed by atoms with van der Waals surface area (Å²) in [5.74, 6) is 0. The van der Waals surface area contributed by atoms with Crippen molar-refractivity contribution in [3.8, 4) is 0 Å². The summed E-state index contributed by atoms with van der Waals surface area (Å²) in [7, 11) is 0. The second-order valence-electron chi connectivity index (χ2n) is 6.45. The van der Waals surface area contributed by atoms with Crippen molar-refractivity contribution in [2.45, 2.75) is 58.0 Å². The summed E-state index contributed by atoms with van der Waals surface area (Å²) >= 11 is 0. The molecule has 2 aliphatic rings. The third-order valence-electron chi connectivity index (χ3n) is 3.86. The average molecular weight is 211 g/mol. The van der Waals surface area contributed by atoms with Gasteiger partial charge in [-0.2, -0.15) is 0 Å². The molecule has 0 bridgehead atoms. The molecule has 1 N–H and O–H groups in total. The monoisotopic (exact) mass is 211 g/mol. The maximum Gasteiger partial charge on any atom is 0.0774 e. The second-order valence-corrected chi connectivity index (χ2v) is 6.45. The van der Waals surface area contributed by atoms with Crippen LogP contribution >= 0.6 is 0 Å². The summed E-state index contributed by atoms with van der Waals surface area (Å²) in [6, 6.07) is 0. The third kappa shape index (κ3) is 2.94. The summed E-state index contributed by atoms with van der Waals surface area (Å²) in [6.45, 7) is 7.85. The molecule has 0 aromatic rings. The number of hydrogen-bond acceptors (Lipinski definition) is 2. The van der Waals surface area contributed by atoms with Gasteiger partial charge in [0.15, 0.2) is 0 Å². The molecular formula is C13H25NO. The van der Waals surface area contributed by atoms with E-state index in [4.69, 9.17) is 0 Å². The maximum absolute atomic E-state index is 10.5. The van der Waals surface area contributed by atoms with E-state index in [1.807, 2.05) is 0 Å². The van der Waals surface area contributed by atoms with E-state index in [9.17, 15) is 5.11 Å². The highest BCUT2D eigenvalue weighted by atomic mass is 16.3. The Balaban J connectivity index is 1.82.